The number of amides is 3. The number of nitrogens with zero attached hydrogens (tertiary/aromatic N) is 2. The van der Waals surface area contributed by atoms with Crippen LogP contribution in [0.3, 0.4) is 0 Å². The third-order valence-electron chi connectivity index (χ3n) is 4.31. The SMILES string of the molecule is O=C(O)c1cccc(/C=C2/SC(=O)N(CC(=O)N3CCCCC3)C2=O)c1. The number of carbonyl (C=O) groups is 4. The molecule has 0 saturated carbocycles. The van der Waals surface area contributed by atoms with Gasteiger partial charge in [0.15, 0.2) is 0 Å². The first-order valence-electron chi connectivity index (χ1n) is 8.32. The van der Waals surface area contributed by atoms with Gasteiger partial charge in [0.1, 0.15) is 6.54 Å². The van der Waals surface area contributed by atoms with E-state index < -0.39 is 17.1 Å². The van der Waals surface area contributed by atoms with E-state index in [1.54, 1.807) is 17.0 Å². The number of carbonyl (C=O) groups excluding carboxylic acids is 3. The number of hydrogen-bond donors (Lipinski definition) is 1. The Morgan fingerprint density at radius 2 is 1.88 bits per heavy atom. The van der Waals surface area contributed by atoms with Crippen LogP contribution in [-0.4, -0.2) is 57.6 Å². The summed E-state index contributed by atoms with van der Waals surface area (Å²) in [5, 5.41) is 8.55. The average Bonchev–Trinajstić information content (AvgIpc) is 2.90. The molecule has 136 valence electrons. The van der Waals surface area contributed by atoms with Crippen molar-refractivity contribution in [2.24, 2.45) is 0 Å². The number of likely N-dealkylation sites (tertiary alicyclic amines) is 1. The van der Waals surface area contributed by atoms with Gasteiger partial charge >= 0.3 is 5.97 Å². The Kier molecular flexibility index (Phi) is 5.41. The largest absolute Gasteiger partial charge is 0.478 e. The minimum Gasteiger partial charge on any atom is -0.478 e. The van der Waals surface area contributed by atoms with E-state index in [0.29, 0.717) is 18.7 Å². The Balaban J connectivity index is 1.73. The maximum Gasteiger partial charge on any atom is 0.335 e. The van der Waals surface area contributed by atoms with Crippen molar-refractivity contribution in [3.63, 3.8) is 0 Å². The highest BCUT2D eigenvalue weighted by atomic mass is 32.2. The summed E-state index contributed by atoms with van der Waals surface area (Å²) in [4.78, 5) is 50.8. The molecular weight excluding hydrogens is 356 g/mol. The summed E-state index contributed by atoms with van der Waals surface area (Å²) in [5.74, 6) is -1.81. The quantitative estimate of drug-likeness (QED) is 0.814. The van der Waals surface area contributed by atoms with Crippen LogP contribution in [0.15, 0.2) is 29.2 Å². The smallest absolute Gasteiger partial charge is 0.335 e. The first-order chi connectivity index (χ1) is 12.5. The topological polar surface area (TPSA) is 95.0 Å². The van der Waals surface area contributed by atoms with Crippen LogP contribution in [0.4, 0.5) is 4.79 Å². The van der Waals surface area contributed by atoms with Crippen molar-refractivity contribution in [2.75, 3.05) is 19.6 Å². The van der Waals surface area contributed by atoms with Crippen molar-refractivity contribution in [1.29, 1.82) is 0 Å². The molecule has 0 unspecified atom stereocenters. The van der Waals surface area contributed by atoms with Gasteiger partial charge in [-0.2, -0.15) is 0 Å². The van der Waals surface area contributed by atoms with Crippen LogP contribution in [0.2, 0.25) is 0 Å². The molecule has 1 aromatic rings. The van der Waals surface area contributed by atoms with Gasteiger partial charge in [-0.25, -0.2) is 4.79 Å². The summed E-state index contributed by atoms with van der Waals surface area (Å²) >= 11 is 0.760. The predicted molar refractivity (Wildman–Crippen MR) is 96.5 cm³/mol. The number of aromatic carboxylic acids is 1. The third-order valence-corrected chi connectivity index (χ3v) is 5.21. The predicted octanol–water partition coefficient (Wildman–Crippen LogP) is 2.43. The lowest BCUT2D eigenvalue weighted by molar-refractivity contribution is -0.136. The van der Waals surface area contributed by atoms with Crippen molar-refractivity contribution >= 4 is 40.9 Å². The second kappa shape index (κ2) is 7.74. The zero-order valence-corrected chi connectivity index (χ0v) is 14.8. The van der Waals surface area contributed by atoms with Crippen LogP contribution in [0.1, 0.15) is 35.2 Å². The highest BCUT2D eigenvalue weighted by molar-refractivity contribution is 8.18. The summed E-state index contributed by atoms with van der Waals surface area (Å²) in [6.45, 7) is 1.07. The Hall–Kier alpha value is -2.61. The van der Waals surface area contributed by atoms with Gasteiger partial charge in [0, 0.05) is 13.1 Å². The Morgan fingerprint density at radius 1 is 1.15 bits per heavy atom. The maximum atomic E-state index is 12.5. The molecule has 0 bridgehead atoms. The van der Waals surface area contributed by atoms with Crippen LogP contribution in [0, 0.1) is 0 Å². The lowest BCUT2D eigenvalue weighted by atomic mass is 10.1. The second-order valence-corrected chi connectivity index (χ2v) is 7.13. The van der Waals surface area contributed by atoms with Crippen molar-refractivity contribution in [3.05, 3.63) is 40.3 Å². The standard InChI is InChI=1S/C18H18N2O5S/c21-15(19-7-2-1-3-8-19)11-20-16(22)14(26-18(20)25)10-12-5-4-6-13(9-12)17(23)24/h4-6,9-10H,1-3,7-8,11H2,(H,23,24)/b14-10+. The fourth-order valence-corrected chi connectivity index (χ4v) is 3.77. The molecule has 0 aromatic heterocycles. The number of imide groups is 1. The fraction of sp³-hybridized carbons (Fsp3) is 0.333. The summed E-state index contributed by atoms with van der Waals surface area (Å²) in [6.07, 6.45) is 4.44. The van der Waals surface area contributed by atoms with Crippen molar-refractivity contribution in [1.82, 2.24) is 9.80 Å². The lowest BCUT2D eigenvalue weighted by Gasteiger charge is -2.27. The molecule has 2 fully saturated rings. The van der Waals surface area contributed by atoms with E-state index >= 15 is 0 Å². The van der Waals surface area contributed by atoms with Crippen molar-refractivity contribution in [3.8, 4) is 0 Å². The molecule has 0 spiro atoms. The molecule has 26 heavy (non-hydrogen) atoms. The molecule has 3 amide bonds. The molecule has 2 heterocycles. The van der Waals surface area contributed by atoms with Gasteiger partial charge in [0.25, 0.3) is 11.1 Å². The van der Waals surface area contributed by atoms with E-state index in [2.05, 4.69) is 0 Å². The monoisotopic (exact) mass is 374 g/mol. The number of hydrogen-bond acceptors (Lipinski definition) is 5. The number of benzene rings is 1. The normalized spacial score (nSPS) is 19.3. The average molecular weight is 374 g/mol. The van der Waals surface area contributed by atoms with E-state index in [0.717, 1.165) is 35.9 Å². The third kappa shape index (κ3) is 3.96. The fourth-order valence-electron chi connectivity index (χ4n) is 2.93. The van der Waals surface area contributed by atoms with Crippen molar-refractivity contribution in [2.45, 2.75) is 19.3 Å². The van der Waals surface area contributed by atoms with Crippen molar-refractivity contribution < 1.29 is 24.3 Å². The summed E-state index contributed by atoms with van der Waals surface area (Å²) < 4.78 is 0. The molecule has 7 nitrogen and oxygen atoms in total. The second-order valence-electron chi connectivity index (χ2n) is 6.14. The van der Waals surface area contributed by atoms with E-state index in [4.69, 9.17) is 5.11 Å². The molecule has 2 saturated heterocycles. The van der Waals surface area contributed by atoms with Crippen LogP contribution in [0.25, 0.3) is 6.08 Å². The Bertz CT molecular complexity index is 799. The first kappa shape index (κ1) is 18.2. The molecule has 3 rings (SSSR count). The number of carboxylic acids is 1. The molecule has 0 radical (unpaired) electrons. The van der Waals surface area contributed by atoms with Gasteiger partial charge in [-0.1, -0.05) is 12.1 Å². The number of rotatable bonds is 4. The van der Waals surface area contributed by atoms with E-state index in [1.165, 1.54) is 18.2 Å². The van der Waals surface area contributed by atoms with Gasteiger partial charge in [0.2, 0.25) is 5.91 Å². The minimum absolute atomic E-state index is 0.0956. The lowest BCUT2D eigenvalue weighted by Crippen LogP contribution is -2.44. The highest BCUT2D eigenvalue weighted by Crippen LogP contribution is 2.32. The molecular formula is C18H18N2O5S. The zero-order chi connectivity index (χ0) is 18.7. The van der Waals surface area contributed by atoms with Gasteiger partial charge in [-0.3, -0.25) is 19.3 Å². The van der Waals surface area contributed by atoms with Gasteiger partial charge in [-0.05, 0) is 54.8 Å². The Morgan fingerprint density at radius 3 is 2.58 bits per heavy atom. The zero-order valence-electron chi connectivity index (χ0n) is 14.0. The molecule has 2 aliphatic heterocycles. The Labute approximate surface area is 154 Å². The summed E-state index contributed by atoms with van der Waals surface area (Å²) in [6, 6.07) is 6.09. The first-order valence-corrected chi connectivity index (χ1v) is 9.14. The van der Waals surface area contributed by atoms with Gasteiger partial charge in [0.05, 0.1) is 10.5 Å². The number of carboxylic acid groups (broad SMARTS) is 1. The van der Waals surface area contributed by atoms with E-state index in [-0.39, 0.29) is 22.9 Å². The minimum atomic E-state index is -1.07. The summed E-state index contributed by atoms with van der Waals surface area (Å²) in [7, 11) is 0. The molecule has 1 aromatic carbocycles. The molecule has 1 N–H and O–H groups in total. The maximum absolute atomic E-state index is 12.5. The number of thioether (sulfide) groups is 1. The molecule has 8 heteroatoms. The highest BCUT2D eigenvalue weighted by Gasteiger charge is 2.37. The van der Waals surface area contributed by atoms with Gasteiger partial charge in [-0.15, -0.1) is 0 Å². The van der Waals surface area contributed by atoms with Crippen LogP contribution >= 0.6 is 11.8 Å². The van der Waals surface area contributed by atoms with Crippen LogP contribution < -0.4 is 0 Å². The summed E-state index contributed by atoms with van der Waals surface area (Å²) in [5.41, 5.74) is 0.607. The van der Waals surface area contributed by atoms with Crippen LogP contribution in [-0.2, 0) is 9.59 Å². The molecule has 0 aliphatic carbocycles. The number of piperidine rings is 1. The van der Waals surface area contributed by atoms with E-state index in [9.17, 15) is 19.2 Å². The molecule has 0 atom stereocenters. The van der Waals surface area contributed by atoms with Gasteiger partial charge < -0.3 is 10.0 Å². The van der Waals surface area contributed by atoms with E-state index in [1.807, 2.05) is 0 Å². The van der Waals surface area contributed by atoms with Crippen LogP contribution in [0.5, 0.6) is 0 Å². The molecule has 2 aliphatic rings.